The average Bonchev–Trinajstić information content (AvgIpc) is 2.19. The van der Waals surface area contributed by atoms with Crippen LogP contribution in [0.3, 0.4) is 0 Å². The number of nitrogens with zero attached hydrogens (tertiary/aromatic N) is 2. The third kappa shape index (κ3) is 4.26. The first-order valence-electron chi connectivity index (χ1n) is 5.02. The molecule has 0 unspecified atom stereocenters. The van der Waals surface area contributed by atoms with Gasteiger partial charge in [-0.2, -0.15) is 0 Å². The van der Waals surface area contributed by atoms with Gasteiger partial charge in [-0.05, 0) is 12.8 Å². The van der Waals surface area contributed by atoms with Crippen molar-refractivity contribution in [2.45, 2.75) is 25.8 Å². The molecule has 0 saturated heterocycles. The Balaban J connectivity index is 2.71. The number of hydrogen-bond donors (Lipinski definition) is 1. The molecule has 1 heterocycles. The first-order valence-corrected chi connectivity index (χ1v) is 6.39. The summed E-state index contributed by atoms with van der Waals surface area (Å²) >= 11 is 7.68. The Hall–Kier alpha value is -0.480. The van der Waals surface area contributed by atoms with Gasteiger partial charge in [0.1, 0.15) is 5.03 Å². The van der Waals surface area contributed by atoms with Crippen LogP contribution in [0, 0.1) is 5.92 Å². The van der Waals surface area contributed by atoms with Gasteiger partial charge >= 0.3 is 0 Å². The van der Waals surface area contributed by atoms with E-state index in [1.54, 1.807) is 18.0 Å². The predicted molar refractivity (Wildman–Crippen MR) is 66.8 cm³/mol. The minimum atomic E-state index is 0.627. The number of halogens is 1. The third-order valence-corrected chi connectivity index (χ3v) is 3.41. The topological polar surface area (TPSA) is 37.8 Å². The molecule has 0 fully saturated rings. The van der Waals surface area contributed by atoms with E-state index in [1.807, 2.05) is 6.92 Å². The second-order valence-electron chi connectivity index (χ2n) is 3.58. The van der Waals surface area contributed by atoms with Crippen LogP contribution in [0.25, 0.3) is 0 Å². The molecule has 5 heteroatoms. The van der Waals surface area contributed by atoms with Crippen LogP contribution in [0.5, 0.6) is 0 Å². The fourth-order valence-electron chi connectivity index (χ4n) is 0.942. The number of anilines is 1. The number of hydrogen-bond acceptors (Lipinski definition) is 4. The summed E-state index contributed by atoms with van der Waals surface area (Å²) in [5, 5.41) is 4.55. The van der Waals surface area contributed by atoms with Crippen molar-refractivity contribution in [1.82, 2.24) is 9.97 Å². The lowest BCUT2D eigenvalue weighted by atomic mass is 10.3. The van der Waals surface area contributed by atoms with Gasteiger partial charge in [-0.15, -0.1) is 11.8 Å². The van der Waals surface area contributed by atoms with Crippen LogP contribution < -0.4 is 5.32 Å². The van der Waals surface area contributed by atoms with E-state index in [-0.39, 0.29) is 0 Å². The number of rotatable bonds is 5. The molecule has 0 bridgehead atoms. The van der Waals surface area contributed by atoms with Gasteiger partial charge < -0.3 is 5.32 Å². The van der Waals surface area contributed by atoms with E-state index in [9.17, 15) is 0 Å². The van der Waals surface area contributed by atoms with Gasteiger partial charge in [0, 0.05) is 12.3 Å². The average molecular weight is 246 g/mol. The molecular weight excluding hydrogens is 230 g/mol. The van der Waals surface area contributed by atoms with E-state index in [1.165, 1.54) is 0 Å². The lowest BCUT2D eigenvalue weighted by Gasteiger charge is -2.07. The second-order valence-corrected chi connectivity index (χ2v) is 5.00. The van der Waals surface area contributed by atoms with E-state index in [0.29, 0.717) is 16.9 Å². The van der Waals surface area contributed by atoms with E-state index in [4.69, 9.17) is 11.6 Å². The van der Waals surface area contributed by atoms with E-state index >= 15 is 0 Å². The molecule has 3 nitrogen and oxygen atoms in total. The summed E-state index contributed by atoms with van der Waals surface area (Å²) < 4.78 is 0. The molecule has 0 aliphatic carbocycles. The fraction of sp³-hybridized carbons (Fsp3) is 0.600. The van der Waals surface area contributed by atoms with Gasteiger partial charge in [0.2, 0.25) is 5.95 Å². The molecule has 0 radical (unpaired) electrons. The van der Waals surface area contributed by atoms with Gasteiger partial charge in [0.05, 0.1) is 11.2 Å². The van der Waals surface area contributed by atoms with Crippen molar-refractivity contribution < 1.29 is 0 Å². The molecule has 1 N–H and O–H groups in total. The lowest BCUT2D eigenvalue weighted by Crippen LogP contribution is -2.03. The summed E-state index contributed by atoms with van der Waals surface area (Å²) in [6, 6.07) is 0. The van der Waals surface area contributed by atoms with E-state index in [0.717, 1.165) is 17.3 Å². The van der Waals surface area contributed by atoms with E-state index in [2.05, 4.69) is 29.1 Å². The molecule has 15 heavy (non-hydrogen) atoms. The molecule has 0 aliphatic heterocycles. The maximum atomic E-state index is 6.01. The van der Waals surface area contributed by atoms with Crippen molar-refractivity contribution in [3.63, 3.8) is 0 Å². The van der Waals surface area contributed by atoms with Crippen molar-refractivity contribution in [3.05, 3.63) is 11.2 Å². The van der Waals surface area contributed by atoms with Crippen LogP contribution in [-0.4, -0.2) is 22.3 Å². The predicted octanol–water partition coefficient (Wildman–Crippen LogP) is 3.31. The van der Waals surface area contributed by atoms with Crippen LogP contribution in [0.1, 0.15) is 20.8 Å². The summed E-state index contributed by atoms with van der Waals surface area (Å²) in [7, 11) is 0. The first-order chi connectivity index (χ1) is 7.13. The summed E-state index contributed by atoms with van der Waals surface area (Å²) in [6.45, 7) is 7.18. The SMILES string of the molecule is CCNc1ncc(Cl)c(SCC(C)C)n1. The van der Waals surface area contributed by atoms with E-state index < -0.39 is 0 Å². The second kappa shape index (κ2) is 6.18. The molecule has 0 amide bonds. The highest BCUT2D eigenvalue weighted by atomic mass is 35.5. The Kier molecular flexibility index (Phi) is 5.19. The van der Waals surface area contributed by atoms with Gasteiger partial charge in [-0.3, -0.25) is 0 Å². The monoisotopic (exact) mass is 245 g/mol. The third-order valence-electron chi connectivity index (χ3n) is 1.60. The molecule has 84 valence electrons. The van der Waals surface area contributed by atoms with Crippen molar-refractivity contribution in [3.8, 4) is 0 Å². The maximum absolute atomic E-state index is 6.01. The Morgan fingerprint density at radius 2 is 2.27 bits per heavy atom. The van der Waals surface area contributed by atoms with Crippen LogP contribution in [-0.2, 0) is 0 Å². The summed E-state index contributed by atoms with van der Waals surface area (Å²) in [4.78, 5) is 8.43. The Morgan fingerprint density at radius 3 is 2.87 bits per heavy atom. The zero-order valence-electron chi connectivity index (χ0n) is 9.25. The van der Waals surface area contributed by atoms with Crippen LogP contribution >= 0.6 is 23.4 Å². The maximum Gasteiger partial charge on any atom is 0.223 e. The van der Waals surface area contributed by atoms with Gasteiger partial charge in [0.25, 0.3) is 0 Å². The Morgan fingerprint density at radius 1 is 1.53 bits per heavy atom. The van der Waals surface area contributed by atoms with Crippen LogP contribution in [0.15, 0.2) is 11.2 Å². The molecule has 0 saturated carbocycles. The van der Waals surface area contributed by atoms with Crippen molar-refractivity contribution in [1.29, 1.82) is 0 Å². The van der Waals surface area contributed by atoms with Gasteiger partial charge in [-0.25, -0.2) is 9.97 Å². The summed E-state index contributed by atoms with van der Waals surface area (Å²) in [6.07, 6.45) is 1.65. The summed E-state index contributed by atoms with van der Waals surface area (Å²) in [5.41, 5.74) is 0. The molecule has 1 rings (SSSR count). The Labute approximate surface area is 100 Å². The largest absolute Gasteiger partial charge is 0.354 e. The lowest BCUT2D eigenvalue weighted by molar-refractivity contribution is 0.749. The normalized spacial score (nSPS) is 10.7. The summed E-state index contributed by atoms with van der Waals surface area (Å²) in [5.74, 6) is 2.29. The van der Waals surface area contributed by atoms with Gasteiger partial charge in [-0.1, -0.05) is 25.4 Å². The minimum Gasteiger partial charge on any atom is -0.354 e. The van der Waals surface area contributed by atoms with Crippen LogP contribution in [0.2, 0.25) is 5.02 Å². The molecule has 0 atom stereocenters. The van der Waals surface area contributed by atoms with Crippen molar-refractivity contribution in [2.75, 3.05) is 17.6 Å². The smallest absolute Gasteiger partial charge is 0.223 e. The molecule has 0 spiro atoms. The van der Waals surface area contributed by atoms with Crippen LogP contribution in [0.4, 0.5) is 5.95 Å². The molecule has 0 aliphatic rings. The highest BCUT2D eigenvalue weighted by Gasteiger charge is 2.06. The van der Waals surface area contributed by atoms with Crippen molar-refractivity contribution in [2.24, 2.45) is 5.92 Å². The van der Waals surface area contributed by atoms with Gasteiger partial charge in [0.15, 0.2) is 0 Å². The minimum absolute atomic E-state index is 0.627. The first kappa shape index (κ1) is 12.6. The van der Waals surface area contributed by atoms with Crippen molar-refractivity contribution >= 4 is 29.3 Å². The highest BCUT2D eigenvalue weighted by molar-refractivity contribution is 7.99. The zero-order chi connectivity index (χ0) is 11.3. The Bertz CT molecular complexity index is 318. The number of thioether (sulfide) groups is 1. The molecule has 1 aromatic rings. The quantitative estimate of drug-likeness (QED) is 0.638. The number of nitrogens with one attached hydrogen (secondary N) is 1. The number of aromatic nitrogens is 2. The fourth-order valence-corrected chi connectivity index (χ4v) is 2.03. The highest BCUT2D eigenvalue weighted by Crippen LogP contribution is 2.26. The standard InChI is InChI=1S/C10H16ClN3S/c1-4-12-10-13-5-8(11)9(14-10)15-6-7(2)3/h5,7H,4,6H2,1-3H3,(H,12,13,14). The molecule has 1 aromatic heterocycles. The zero-order valence-corrected chi connectivity index (χ0v) is 10.8. The molecular formula is C10H16ClN3S. The molecule has 0 aromatic carbocycles.